The van der Waals surface area contributed by atoms with Gasteiger partial charge in [0.2, 0.25) is 17.7 Å². The fourth-order valence-electron chi connectivity index (χ4n) is 6.22. The number of aryl methyl sites for hydroxylation is 1. The minimum absolute atomic E-state index is 0.0155. The molecule has 228 valence electrons. The standard InChI is InChI=1S/C33H32BrClN4O4S/c1-21-2-9-25(10-3-21)44-33(32(43)38-14-12-37(13-15-38)30(42)20-40)17-29(41)39(19-22-4-6-23(34)7-5-22)31(33)27-18-36-28-16-24(35)8-11-26(27)28/h2-11,16,18,31,36,40H,12-15,17,19-20H2,1H3/t31-,33-/m0/s1. The zero-order valence-electron chi connectivity index (χ0n) is 24.1. The molecule has 6 rings (SSSR count). The number of piperazine rings is 1. The molecule has 8 nitrogen and oxygen atoms in total. The first-order valence-corrected chi connectivity index (χ1v) is 16.4. The van der Waals surface area contributed by atoms with Gasteiger partial charge < -0.3 is 24.8 Å². The fraction of sp³-hybridized carbons (Fsp3) is 0.303. The number of H-pyrrole nitrogens is 1. The van der Waals surface area contributed by atoms with Crippen molar-refractivity contribution in [3.8, 4) is 0 Å². The van der Waals surface area contributed by atoms with Gasteiger partial charge in [-0.15, -0.1) is 11.8 Å². The Kier molecular flexibility index (Phi) is 8.79. The van der Waals surface area contributed by atoms with E-state index in [1.807, 2.05) is 84.8 Å². The number of rotatable bonds is 7. The number of carbonyl (C=O) groups is 3. The Balaban J connectivity index is 1.48. The number of aromatic nitrogens is 1. The number of carbonyl (C=O) groups excluding carboxylic acids is 3. The van der Waals surface area contributed by atoms with Gasteiger partial charge in [0.1, 0.15) is 11.4 Å². The Morgan fingerprint density at radius 2 is 1.70 bits per heavy atom. The third-order valence-electron chi connectivity index (χ3n) is 8.46. The Morgan fingerprint density at radius 1 is 1.02 bits per heavy atom. The van der Waals surface area contributed by atoms with Crippen molar-refractivity contribution in [3.05, 3.63) is 99.1 Å². The fourth-order valence-corrected chi connectivity index (χ4v) is 8.13. The van der Waals surface area contributed by atoms with E-state index in [4.69, 9.17) is 11.6 Å². The summed E-state index contributed by atoms with van der Waals surface area (Å²) >= 11 is 11.3. The summed E-state index contributed by atoms with van der Waals surface area (Å²) in [7, 11) is 0. The van der Waals surface area contributed by atoms with Crippen LogP contribution in [0.3, 0.4) is 0 Å². The molecule has 3 aromatic carbocycles. The van der Waals surface area contributed by atoms with Gasteiger partial charge in [-0.05, 0) is 48.9 Å². The van der Waals surface area contributed by atoms with Gasteiger partial charge in [-0.3, -0.25) is 14.4 Å². The molecule has 2 aliphatic rings. The molecule has 0 saturated carbocycles. The van der Waals surface area contributed by atoms with E-state index in [1.165, 1.54) is 11.8 Å². The number of thioether (sulfide) groups is 1. The number of nitrogens with one attached hydrogen (secondary N) is 1. The molecule has 0 radical (unpaired) electrons. The van der Waals surface area contributed by atoms with Crippen molar-refractivity contribution in [2.45, 2.75) is 35.6 Å². The van der Waals surface area contributed by atoms with Crippen molar-refractivity contribution >= 4 is 67.9 Å². The van der Waals surface area contributed by atoms with Gasteiger partial charge in [-0.2, -0.15) is 0 Å². The van der Waals surface area contributed by atoms with Crippen LogP contribution in [0.2, 0.25) is 5.02 Å². The Hall–Kier alpha value is -3.31. The molecule has 3 amide bonds. The molecule has 0 unspecified atom stereocenters. The lowest BCUT2D eigenvalue weighted by molar-refractivity contribution is -0.142. The van der Waals surface area contributed by atoms with Crippen LogP contribution in [0.1, 0.15) is 29.2 Å². The normalized spacial score (nSPS) is 20.5. The lowest BCUT2D eigenvalue weighted by Crippen LogP contribution is -2.57. The average molecular weight is 696 g/mol. The van der Waals surface area contributed by atoms with E-state index < -0.39 is 17.4 Å². The third-order valence-corrected chi connectivity index (χ3v) is 10.6. The first-order valence-electron chi connectivity index (χ1n) is 14.4. The first kappa shape index (κ1) is 30.7. The molecule has 0 aliphatic carbocycles. The maximum absolute atomic E-state index is 15.0. The maximum Gasteiger partial charge on any atom is 0.248 e. The van der Waals surface area contributed by atoms with Crippen molar-refractivity contribution in [2.24, 2.45) is 0 Å². The summed E-state index contributed by atoms with van der Waals surface area (Å²) in [4.78, 5) is 50.7. The molecule has 2 atom stereocenters. The second kappa shape index (κ2) is 12.6. The Morgan fingerprint density at radius 3 is 2.39 bits per heavy atom. The maximum atomic E-state index is 15.0. The average Bonchev–Trinajstić information content (AvgIpc) is 3.55. The molecule has 0 bridgehead atoms. The van der Waals surface area contributed by atoms with Gasteiger partial charge in [0.05, 0.1) is 12.5 Å². The van der Waals surface area contributed by atoms with E-state index >= 15 is 0 Å². The van der Waals surface area contributed by atoms with E-state index in [2.05, 4.69) is 20.9 Å². The number of benzene rings is 3. The van der Waals surface area contributed by atoms with Crippen LogP contribution in [-0.4, -0.2) is 80.0 Å². The number of halogens is 2. The quantitative estimate of drug-likeness (QED) is 0.264. The molecule has 3 heterocycles. The summed E-state index contributed by atoms with van der Waals surface area (Å²) in [5, 5.41) is 10.9. The second-order valence-electron chi connectivity index (χ2n) is 11.3. The lowest BCUT2D eigenvalue weighted by atomic mass is 9.90. The Labute approximate surface area is 273 Å². The molecule has 11 heteroatoms. The number of amides is 3. The summed E-state index contributed by atoms with van der Waals surface area (Å²) in [6, 6.07) is 20.9. The topological polar surface area (TPSA) is 97.0 Å². The van der Waals surface area contributed by atoms with Gasteiger partial charge in [-0.1, -0.05) is 63.4 Å². The van der Waals surface area contributed by atoms with Crippen LogP contribution in [0, 0.1) is 6.92 Å². The largest absolute Gasteiger partial charge is 0.387 e. The van der Waals surface area contributed by atoms with Gasteiger partial charge in [0.15, 0.2) is 0 Å². The van der Waals surface area contributed by atoms with E-state index in [0.717, 1.165) is 37.0 Å². The summed E-state index contributed by atoms with van der Waals surface area (Å²) in [6.07, 6.45) is 1.91. The lowest BCUT2D eigenvalue weighted by Gasteiger charge is -2.42. The molecule has 2 aliphatic heterocycles. The molecule has 1 aromatic heterocycles. The molecular weight excluding hydrogens is 664 g/mol. The van der Waals surface area contributed by atoms with Crippen molar-refractivity contribution in [2.75, 3.05) is 32.8 Å². The number of nitrogens with zero attached hydrogens (tertiary/aromatic N) is 3. The molecule has 44 heavy (non-hydrogen) atoms. The second-order valence-corrected chi connectivity index (χ2v) is 14.1. The number of hydrogen-bond acceptors (Lipinski definition) is 5. The molecule has 2 fully saturated rings. The number of aromatic amines is 1. The van der Waals surface area contributed by atoms with Gasteiger partial charge in [0, 0.05) is 69.8 Å². The third kappa shape index (κ3) is 5.88. The smallest absolute Gasteiger partial charge is 0.248 e. The van der Waals surface area contributed by atoms with Crippen LogP contribution in [0.25, 0.3) is 10.9 Å². The highest BCUT2D eigenvalue weighted by molar-refractivity contribution is 9.10. The van der Waals surface area contributed by atoms with Crippen molar-refractivity contribution in [3.63, 3.8) is 0 Å². The zero-order chi connectivity index (χ0) is 31.0. The number of fused-ring (bicyclic) bond motifs is 1. The number of likely N-dealkylation sites (tertiary alicyclic amines) is 1. The van der Waals surface area contributed by atoms with Crippen molar-refractivity contribution < 1.29 is 19.5 Å². The first-order chi connectivity index (χ1) is 21.2. The van der Waals surface area contributed by atoms with Crippen LogP contribution in [-0.2, 0) is 20.9 Å². The highest BCUT2D eigenvalue weighted by Crippen LogP contribution is 2.55. The predicted octanol–water partition coefficient (Wildman–Crippen LogP) is 5.56. The predicted molar refractivity (Wildman–Crippen MR) is 175 cm³/mol. The minimum Gasteiger partial charge on any atom is -0.387 e. The monoisotopic (exact) mass is 694 g/mol. The number of aliphatic hydroxyl groups is 1. The van der Waals surface area contributed by atoms with E-state index in [9.17, 15) is 19.5 Å². The van der Waals surface area contributed by atoms with Crippen LogP contribution in [0.15, 0.2) is 82.3 Å². The molecular formula is C33H32BrClN4O4S. The van der Waals surface area contributed by atoms with Crippen LogP contribution < -0.4 is 0 Å². The van der Waals surface area contributed by atoms with Gasteiger partial charge in [-0.25, -0.2) is 0 Å². The molecule has 2 N–H and O–H groups in total. The molecule has 0 spiro atoms. The summed E-state index contributed by atoms with van der Waals surface area (Å²) in [5.74, 6) is -0.602. The van der Waals surface area contributed by atoms with Crippen LogP contribution in [0.4, 0.5) is 0 Å². The summed E-state index contributed by atoms with van der Waals surface area (Å²) in [5.41, 5.74) is 3.73. The molecule has 2 saturated heterocycles. The van der Waals surface area contributed by atoms with E-state index in [-0.39, 0.29) is 24.1 Å². The van der Waals surface area contributed by atoms with E-state index in [0.29, 0.717) is 37.7 Å². The van der Waals surface area contributed by atoms with E-state index in [1.54, 1.807) is 9.80 Å². The van der Waals surface area contributed by atoms with Crippen LogP contribution >= 0.6 is 39.3 Å². The zero-order valence-corrected chi connectivity index (χ0v) is 27.3. The molecule has 4 aromatic rings. The van der Waals surface area contributed by atoms with Crippen molar-refractivity contribution in [1.82, 2.24) is 19.7 Å². The number of aliphatic hydroxyl groups excluding tert-OH is 1. The van der Waals surface area contributed by atoms with Gasteiger partial charge >= 0.3 is 0 Å². The Bertz CT molecular complexity index is 1710. The van der Waals surface area contributed by atoms with Gasteiger partial charge in [0.25, 0.3) is 0 Å². The summed E-state index contributed by atoms with van der Waals surface area (Å²) in [6.45, 7) is 3.07. The minimum atomic E-state index is -1.19. The highest BCUT2D eigenvalue weighted by atomic mass is 79.9. The number of hydrogen-bond donors (Lipinski definition) is 2. The van der Waals surface area contributed by atoms with Crippen molar-refractivity contribution in [1.29, 1.82) is 0 Å². The summed E-state index contributed by atoms with van der Waals surface area (Å²) < 4.78 is -0.253. The highest BCUT2D eigenvalue weighted by Gasteiger charge is 2.59. The SMILES string of the molecule is Cc1ccc(S[C@@]2(C(=O)N3CCN(C(=O)CO)CC3)CC(=O)N(Cc3ccc(Br)cc3)[C@H]2c2c[nH]c3cc(Cl)ccc23)cc1. The van der Waals surface area contributed by atoms with Crippen LogP contribution in [0.5, 0.6) is 0 Å².